The zero-order valence-electron chi connectivity index (χ0n) is 11.8. The first-order valence-corrected chi connectivity index (χ1v) is 7.41. The number of nitrogens with one attached hydrogen (secondary N) is 1. The van der Waals surface area contributed by atoms with Crippen LogP contribution in [-0.4, -0.2) is 43.4 Å². The smallest absolute Gasteiger partial charge is 0.392 e. The second kappa shape index (κ2) is 7.94. The summed E-state index contributed by atoms with van der Waals surface area (Å²) in [6, 6.07) is 0. The Hall–Kier alpha value is -0.880. The van der Waals surface area contributed by atoms with Crippen molar-refractivity contribution in [3.05, 3.63) is 35.6 Å². The highest BCUT2D eigenvalue weighted by Gasteiger charge is 2.39. The van der Waals surface area contributed by atoms with Gasteiger partial charge in [-0.15, -0.1) is 0 Å². The van der Waals surface area contributed by atoms with Gasteiger partial charge in [-0.1, -0.05) is 12.2 Å². The molecule has 0 fully saturated rings. The van der Waals surface area contributed by atoms with Gasteiger partial charge in [-0.25, -0.2) is 0 Å². The van der Waals surface area contributed by atoms with Crippen molar-refractivity contribution in [1.82, 2.24) is 5.32 Å². The highest BCUT2D eigenvalue weighted by Crippen LogP contribution is 2.41. The van der Waals surface area contributed by atoms with Gasteiger partial charge in [0.25, 0.3) is 0 Å². The Morgan fingerprint density at radius 3 is 2.81 bits per heavy atom. The standard InChI is InChI=1S/C13H19F3NO3P/c1-10(7-18)6-11-4-3-5-17-13(11,21-9-19-2)20-8-12(14,15)16/h3-6,17-18,21H,7-9H2,1-2H3/b10-6-. The monoisotopic (exact) mass is 325 g/mol. The summed E-state index contributed by atoms with van der Waals surface area (Å²) in [7, 11) is 1.39. The molecular formula is C13H19F3NO3P. The highest BCUT2D eigenvalue weighted by molar-refractivity contribution is 7.39. The average Bonchev–Trinajstić information content (AvgIpc) is 2.44. The molecule has 0 aromatic rings. The number of ether oxygens (including phenoxy) is 2. The Labute approximate surface area is 123 Å². The fourth-order valence-corrected chi connectivity index (χ4v) is 2.74. The molecule has 0 radical (unpaired) electrons. The molecule has 0 aromatic heterocycles. The van der Waals surface area contributed by atoms with E-state index >= 15 is 0 Å². The van der Waals surface area contributed by atoms with E-state index < -0.39 is 18.2 Å². The molecule has 0 bridgehead atoms. The molecule has 2 N–H and O–H groups in total. The SMILES string of the molecule is COCPC1(OCC(F)(F)F)NC=CC=C1/C=C(/C)CO. The van der Waals surface area contributed by atoms with Crippen LogP contribution in [0, 0.1) is 0 Å². The van der Waals surface area contributed by atoms with Crippen LogP contribution in [0.4, 0.5) is 13.2 Å². The van der Waals surface area contributed by atoms with E-state index in [1.807, 2.05) is 0 Å². The molecule has 1 aliphatic heterocycles. The van der Waals surface area contributed by atoms with Crippen molar-refractivity contribution in [1.29, 1.82) is 0 Å². The predicted octanol–water partition coefficient (Wildman–Crippen LogP) is 2.48. The van der Waals surface area contributed by atoms with Gasteiger partial charge in [-0.05, 0) is 33.4 Å². The molecule has 1 heterocycles. The zero-order chi connectivity index (χ0) is 15.9. The van der Waals surface area contributed by atoms with Crippen molar-refractivity contribution in [2.24, 2.45) is 0 Å². The lowest BCUT2D eigenvalue weighted by Gasteiger charge is -2.37. The Bertz CT molecular complexity index is 435. The maximum atomic E-state index is 12.5. The lowest BCUT2D eigenvalue weighted by atomic mass is 10.1. The van der Waals surface area contributed by atoms with E-state index in [2.05, 4.69) is 5.32 Å². The van der Waals surface area contributed by atoms with Crippen LogP contribution in [-0.2, 0) is 9.47 Å². The van der Waals surface area contributed by atoms with E-state index in [4.69, 9.17) is 14.6 Å². The Balaban J connectivity index is 3.02. The predicted molar refractivity (Wildman–Crippen MR) is 76.1 cm³/mol. The molecule has 0 saturated heterocycles. The quantitative estimate of drug-likeness (QED) is 0.706. The molecule has 0 spiro atoms. The molecule has 21 heavy (non-hydrogen) atoms. The molecular weight excluding hydrogens is 306 g/mol. The van der Waals surface area contributed by atoms with E-state index in [1.54, 1.807) is 25.2 Å². The number of hydrogen-bond donors (Lipinski definition) is 2. The maximum Gasteiger partial charge on any atom is 0.411 e. The van der Waals surface area contributed by atoms with Crippen LogP contribution >= 0.6 is 8.58 Å². The molecule has 0 aromatic carbocycles. The topological polar surface area (TPSA) is 50.7 Å². The van der Waals surface area contributed by atoms with E-state index in [0.29, 0.717) is 11.1 Å². The van der Waals surface area contributed by atoms with Crippen LogP contribution in [0.2, 0.25) is 0 Å². The maximum absolute atomic E-state index is 12.5. The third kappa shape index (κ3) is 5.79. The number of alkyl halides is 3. The first-order chi connectivity index (χ1) is 9.83. The lowest BCUT2D eigenvalue weighted by molar-refractivity contribution is -0.188. The van der Waals surface area contributed by atoms with Gasteiger partial charge in [0.15, 0.2) is 5.47 Å². The minimum Gasteiger partial charge on any atom is -0.392 e. The normalized spacial score (nSPS) is 23.5. The third-order valence-electron chi connectivity index (χ3n) is 2.63. The first kappa shape index (κ1) is 18.2. The van der Waals surface area contributed by atoms with Crippen molar-refractivity contribution in [2.45, 2.75) is 18.6 Å². The first-order valence-electron chi connectivity index (χ1n) is 6.20. The summed E-state index contributed by atoms with van der Waals surface area (Å²) in [5.74, 6) is 0. The summed E-state index contributed by atoms with van der Waals surface area (Å²) < 4.78 is 47.6. The van der Waals surface area contributed by atoms with Crippen LogP contribution in [0.15, 0.2) is 35.6 Å². The van der Waals surface area contributed by atoms with Crippen molar-refractivity contribution < 1.29 is 27.8 Å². The third-order valence-corrected chi connectivity index (χ3v) is 4.14. The number of hydrogen-bond acceptors (Lipinski definition) is 4. The van der Waals surface area contributed by atoms with Crippen molar-refractivity contribution in [2.75, 3.05) is 26.7 Å². The number of methoxy groups -OCH3 is 1. The second-order valence-electron chi connectivity index (χ2n) is 4.47. The number of aliphatic hydroxyl groups excluding tert-OH is 1. The summed E-state index contributed by atoms with van der Waals surface area (Å²) in [4.78, 5) is 0. The van der Waals surface area contributed by atoms with Crippen molar-refractivity contribution >= 4 is 8.58 Å². The fraction of sp³-hybridized carbons (Fsp3) is 0.538. The molecule has 2 atom stereocenters. The van der Waals surface area contributed by atoms with Crippen molar-refractivity contribution in [3.63, 3.8) is 0 Å². The molecule has 1 rings (SSSR count). The van der Waals surface area contributed by atoms with Crippen LogP contribution in [0.25, 0.3) is 0 Å². The number of halogens is 3. The zero-order valence-corrected chi connectivity index (χ0v) is 12.8. The van der Waals surface area contributed by atoms with Gasteiger partial charge in [0, 0.05) is 12.7 Å². The lowest BCUT2D eigenvalue weighted by Crippen LogP contribution is -2.46. The summed E-state index contributed by atoms with van der Waals surface area (Å²) in [6.45, 7) is 0.144. The number of allylic oxidation sites excluding steroid dienone is 2. The molecule has 2 unspecified atom stereocenters. The second-order valence-corrected chi connectivity index (χ2v) is 5.82. The largest absolute Gasteiger partial charge is 0.411 e. The Morgan fingerprint density at radius 1 is 1.52 bits per heavy atom. The fourth-order valence-electron chi connectivity index (χ4n) is 1.67. The van der Waals surface area contributed by atoms with Gasteiger partial charge in [-0.2, -0.15) is 13.2 Å². The molecule has 8 heteroatoms. The van der Waals surface area contributed by atoms with Gasteiger partial charge < -0.3 is 19.9 Å². The van der Waals surface area contributed by atoms with Gasteiger partial charge in [-0.3, -0.25) is 0 Å². The Morgan fingerprint density at radius 2 is 2.24 bits per heavy atom. The summed E-state index contributed by atoms with van der Waals surface area (Å²) in [5, 5.41) is 11.9. The average molecular weight is 325 g/mol. The highest BCUT2D eigenvalue weighted by atomic mass is 31.1. The summed E-state index contributed by atoms with van der Waals surface area (Å²) in [5.41, 5.74) is -0.145. The van der Waals surface area contributed by atoms with Gasteiger partial charge in [0.2, 0.25) is 0 Å². The molecule has 4 nitrogen and oxygen atoms in total. The summed E-state index contributed by atoms with van der Waals surface area (Å²) in [6.07, 6.45) is 2.31. The van der Waals surface area contributed by atoms with E-state index in [-0.39, 0.29) is 21.5 Å². The van der Waals surface area contributed by atoms with Crippen LogP contribution in [0.3, 0.4) is 0 Å². The van der Waals surface area contributed by atoms with Crippen LogP contribution in [0.5, 0.6) is 0 Å². The number of rotatable bonds is 7. The van der Waals surface area contributed by atoms with Crippen molar-refractivity contribution in [3.8, 4) is 0 Å². The molecule has 120 valence electrons. The minimum absolute atomic E-state index is 0.0824. The van der Waals surface area contributed by atoms with Crippen LogP contribution < -0.4 is 5.32 Å². The molecule has 0 amide bonds. The van der Waals surface area contributed by atoms with E-state index in [1.165, 1.54) is 13.3 Å². The van der Waals surface area contributed by atoms with E-state index in [0.717, 1.165) is 0 Å². The van der Waals surface area contributed by atoms with E-state index in [9.17, 15) is 13.2 Å². The molecule has 0 saturated carbocycles. The molecule has 0 aliphatic carbocycles. The van der Waals surface area contributed by atoms with Gasteiger partial charge >= 0.3 is 6.18 Å². The van der Waals surface area contributed by atoms with Gasteiger partial charge in [0.1, 0.15) is 6.61 Å². The Kier molecular flexibility index (Phi) is 6.87. The summed E-state index contributed by atoms with van der Waals surface area (Å²) >= 11 is 0. The van der Waals surface area contributed by atoms with Gasteiger partial charge in [0.05, 0.1) is 13.0 Å². The number of aliphatic hydroxyl groups is 1. The minimum atomic E-state index is -4.42. The molecule has 1 aliphatic rings. The van der Waals surface area contributed by atoms with Crippen LogP contribution in [0.1, 0.15) is 6.92 Å². The number of dihydropyridines is 1.